The lowest BCUT2D eigenvalue weighted by Crippen LogP contribution is -2.30. The molecule has 0 aliphatic carbocycles. The van der Waals surface area contributed by atoms with Gasteiger partial charge in [0.2, 0.25) is 0 Å². The van der Waals surface area contributed by atoms with Gasteiger partial charge in [0.05, 0.1) is 36.0 Å². The van der Waals surface area contributed by atoms with Crippen LogP contribution in [0, 0.1) is 10.1 Å². The first-order valence-corrected chi connectivity index (χ1v) is 9.44. The molecule has 0 saturated carbocycles. The number of methoxy groups -OCH3 is 1. The van der Waals surface area contributed by atoms with Crippen molar-refractivity contribution in [1.82, 2.24) is 9.55 Å². The van der Waals surface area contributed by atoms with Gasteiger partial charge in [-0.25, -0.2) is 4.98 Å². The van der Waals surface area contributed by atoms with Crippen LogP contribution in [-0.2, 0) is 6.54 Å². The summed E-state index contributed by atoms with van der Waals surface area (Å²) in [6.07, 6.45) is 1.06. The molecule has 0 spiro atoms. The summed E-state index contributed by atoms with van der Waals surface area (Å²) < 4.78 is 7.25. The molecule has 0 aliphatic rings. The van der Waals surface area contributed by atoms with E-state index in [0.29, 0.717) is 16.5 Å². The Balaban J connectivity index is 2.01. The lowest BCUT2D eigenvalue weighted by atomic mass is 10.2. The summed E-state index contributed by atoms with van der Waals surface area (Å²) in [6.45, 7) is -0.0480. The molecule has 0 saturated heterocycles. The van der Waals surface area contributed by atoms with Gasteiger partial charge in [-0.05, 0) is 18.2 Å². The number of nitro groups is 1. The van der Waals surface area contributed by atoms with Gasteiger partial charge in [0.1, 0.15) is 16.3 Å². The first-order valence-electron chi connectivity index (χ1n) is 7.77. The SMILES string of the molecule is COc1ccc(Br)cc1-c1nc(Cn2cc([N+](=O)[O-])cc(C(N)=O)c2=O)cs1. The van der Waals surface area contributed by atoms with Gasteiger partial charge in [-0.3, -0.25) is 19.7 Å². The zero-order chi connectivity index (χ0) is 20.4. The van der Waals surface area contributed by atoms with Crippen molar-refractivity contribution in [2.75, 3.05) is 7.11 Å². The number of hydrogen-bond acceptors (Lipinski definition) is 7. The van der Waals surface area contributed by atoms with Crippen LogP contribution in [0.2, 0.25) is 0 Å². The van der Waals surface area contributed by atoms with Crippen molar-refractivity contribution in [3.8, 4) is 16.3 Å². The molecule has 3 aromatic rings. The lowest BCUT2D eigenvalue weighted by Gasteiger charge is -2.07. The number of nitrogens with two attached hydrogens (primary N) is 1. The molecule has 9 nitrogen and oxygen atoms in total. The van der Waals surface area contributed by atoms with E-state index in [-0.39, 0.29) is 6.54 Å². The number of aromatic nitrogens is 2. The fourth-order valence-electron chi connectivity index (χ4n) is 2.54. The highest BCUT2D eigenvalue weighted by atomic mass is 79.9. The molecule has 1 aromatic carbocycles. The minimum absolute atomic E-state index is 0.0480. The van der Waals surface area contributed by atoms with Crippen LogP contribution in [-0.4, -0.2) is 27.5 Å². The van der Waals surface area contributed by atoms with Crippen molar-refractivity contribution in [2.24, 2.45) is 5.73 Å². The van der Waals surface area contributed by atoms with Crippen LogP contribution >= 0.6 is 27.3 Å². The Labute approximate surface area is 170 Å². The molecular weight excluding hydrogens is 452 g/mol. The second-order valence-corrected chi connectivity index (χ2v) is 7.43. The monoisotopic (exact) mass is 464 g/mol. The molecule has 0 bridgehead atoms. The van der Waals surface area contributed by atoms with Crippen molar-refractivity contribution in [3.63, 3.8) is 0 Å². The van der Waals surface area contributed by atoms with Crippen LogP contribution in [0.5, 0.6) is 5.75 Å². The highest BCUT2D eigenvalue weighted by Gasteiger charge is 2.18. The predicted molar refractivity (Wildman–Crippen MR) is 107 cm³/mol. The largest absolute Gasteiger partial charge is 0.496 e. The van der Waals surface area contributed by atoms with E-state index in [9.17, 15) is 19.7 Å². The Morgan fingerprint density at radius 2 is 2.18 bits per heavy atom. The Morgan fingerprint density at radius 3 is 2.82 bits per heavy atom. The first-order chi connectivity index (χ1) is 13.3. The molecule has 0 unspecified atom stereocenters. The van der Waals surface area contributed by atoms with Crippen molar-refractivity contribution < 1.29 is 14.5 Å². The number of carbonyl (C=O) groups excluding carboxylic acids is 1. The van der Waals surface area contributed by atoms with Gasteiger partial charge in [-0.1, -0.05) is 15.9 Å². The quantitative estimate of drug-likeness (QED) is 0.440. The second-order valence-electron chi connectivity index (χ2n) is 5.65. The first kappa shape index (κ1) is 19.7. The molecule has 0 aliphatic heterocycles. The topological polar surface area (TPSA) is 130 Å². The van der Waals surface area contributed by atoms with E-state index in [4.69, 9.17) is 10.5 Å². The molecule has 144 valence electrons. The second kappa shape index (κ2) is 7.90. The van der Waals surface area contributed by atoms with Gasteiger partial charge < -0.3 is 15.0 Å². The minimum atomic E-state index is -1.03. The van der Waals surface area contributed by atoms with E-state index in [1.807, 2.05) is 12.1 Å². The van der Waals surface area contributed by atoms with Crippen LogP contribution in [0.1, 0.15) is 16.1 Å². The normalized spacial score (nSPS) is 10.6. The van der Waals surface area contributed by atoms with E-state index in [1.165, 1.54) is 11.3 Å². The number of ether oxygens (including phenoxy) is 1. The molecule has 3 rings (SSSR count). The van der Waals surface area contributed by atoms with Crippen LogP contribution in [0.15, 0.2) is 45.1 Å². The maximum atomic E-state index is 12.4. The Morgan fingerprint density at radius 1 is 1.43 bits per heavy atom. The van der Waals surface area contributed by atoms with Crippen molar-refractivity contribution in [2.45, 2.75) is 6.54 Å². The molecule has 0 fully saturated rings. The van der Waals surface area contributed by atoms with Crippen LogP contribution < -0.4 is 16.0 Å². The molecule has 1 amide bonds. The molecule has 11 heteroatoms. The highest BCUT2D eigenvalue weighted by Crippen LogP contribution is 2.34. The van der Waals surface area contributed by atoms with Gasteiger partial charge in [0.25, 0.3) is 17.2 Å². The number of nitrogens with zero attached hydrogens (tertiary/aromatic N) is 3. The number of primary amides is 1. The molecule has 0 radical (unpaired) electrons. The summed E-state index contributed by atoms with van der Waals surface area (Å²) in [5.41, 5.74) is 4.86. The lowest BCUT2D eigenvalue weighted by molar-refractivity contribution is -0.385. The zero-order valence-electron chi connectivity index (χ0n) is 14.4. The Bertz CT molecular complexity index is 1140. The Hall–Kier alpha value is -3.05. The van der Waals surface area contributed by atoms with Gasteiger partial charge in [-0.15, -0.1) is 11.3 Å². The molecule has 0 atom stereocenters. The standard InChI is InChI=1S/C17H13BrN4O5S/c1-27-14-3-2-9(18)4-12(14)16-20-10(8-28-16)6-21-7-11(22(25)26)5-13(15(19)23)17(21)24/h2-5,7-8H,6H2,1H3,(H2,19,23). The summed E-state index contributed by atoms with van der Waals surface area (Å²) in [7, 11) is 1.55. The van der Waals surface area contributed by atoms with Crippen LogP contribution in [0.3, 0.4) is 0 Å². The number of benzene rings is 1. The maximum Gasteiger partial charge on any atom is 0.286 e. The van der Waals surface area contributed by atoms with E-state index in [2.05, 4.69) is 20.9 Å². The summed E-state index contributed by atoms with van der Waals surface area (Å²) in [5, 5.41) is 13.5. The van der Waals surface area contributed by atoms with E-state index in [1.54, 1.807) is 18.6 Å². The van der Waals surface area contributed by atoms with Gasteiger partial charge in [0.15, 0.2) is 0 Å². The summed E-state index contributed by atoms with van der Waals surface area (Å²) in [5.74, 6) is -0.395. The number of rotatable bonds is 6. The zero-order valence-corrected chi connectivity index (χ0v) is 16.8. The number of amides is 1. The maximum absolute atomic E-state index is 12.4. The van der Waals surface area contributed by atoms with Crippen molar-refractivity contribution in [1.29, 1.82) is 0 Å². The smallest absolute Gasteiger partial charge is 0.286 e. The summed E-state index contributed by atoms with van der Waals surface area (Å²) >= 11 is 4.74. The Kier molecular flexibility index (Phi) is 5.56. The van der Waals surface area contributed by atoms with Gasteiger partial charge in [-0.2, -0.15) is 0 Å². The minimum Gasteiger partial charge on any atom is -0.496 e. The third kappa shape index (κ3) is 3.94. The van der Waals surface area contributed by atoms with Gasteiger partial charge >= 0.3 is 0 Å². The van der Waals surface area contributed by atoms with Crippen LogP contribution in [0.25, 0.3) is 10.6 Å². The van der Waals surface area contributed by atoms with E-state index < -0.39 is 27.6 Å². The predicted octanol–water partition coefficient (Wildman–Crippen LogP) is 2.80. The van der Waals surface area contributed by atoms with Gasteiger partial charge in [0, 0.05) is 15.9 Å². The fourth-order valence-corrected chi connectivity index (χ4v) is 3.73. The molecule has 2 N–H and O–H groups in total. The van der Waals surface area contributed by atoms with Crippen molar-refractivity contribution in [3.05, 3.63) is 72.0 Å². The third-order valence-corrected chi connectivity index (χ3v) is 5.24. The number of hydrogen-bond donors (Lipinski definition) is 1. The number of pyridine rings is 1. The van der Waals surface area contributed by atoms with Crippen LogP contribution in [0.4, 0.5) is 5.69 Å². The molecular formula is C17H13BrN4O5S. The summed E-state index contributed by atoms with van der Waals surface area (Å²) in [4.78, 5) is 38.7. The molecule has 28 heavy (non-hydrogen) atoms. The third-order valence-electron chi connectivity index (χ3n) is 3.82. The van der Waals surface area contributed by atoms with Crippen molar-refractivity contribution >= 4 is 38.9 Å². The number of carbonyl (C=O) groups is 1. The molecule has 2 heterocycles. The fraction of sp³-hybridized carbons (Fsp3) is 0.118. The number of thiazole rings is 1. The summed E-state index contributed by atoms with van der Waals surface area (Å²) in [6, 6.07) is 6.36. The van der Waals surface area contributed by atoms with E-state index >= 15 is 0 Å². The average molecular weight is 465 g/mol. The highest BCUT2D eigenvalue weighted by molar-refractivity contribution is 9.10. The van der Waals surface area contributed by atoms with E-state index in [0.717, 1.165) is 26.9 Å². The number of halogens is 1. The molecule has 2 aromatic heterocycles. The average Bonchev–Trinajstić information content (AvgIpc) is 3.11.